The lowest BCUT2D eigenvalue weighted by Gasteiger charge is -2.14. The van der Waals surface area contributed by atoms with E-state index in [1.54, 1.807) is 44.7 Å². The summed E-state index contributed by atoms with van der Waals surface area (Å²) in [5.41, 5.74) is 4.95. The Morgan fingerprint density at radius 3 is 2.39 bits per heavy atom. The number of para-hydroxylation sites is 1. The summed E-state index contributed by atoms with van der Waals surface area (Å²) in [7, 11) is 3.12. The summed E-state index contributed by atoms with van der Waals surface area (Å²) in [6, 6.07) is 13.1. The van der Waals surface area contributed by atoms with E-state index in [0.29, 0.717) is 22.7 Å². The number of aromatic nitrogens is 1. The fourth-order valence-electron chi connectivity index (χ4n) is 2.89. The van der Waals surface area contributed by atoms with Gasteiger partial charge in [-0.1, -0.05) is 18.2 Å². The molecular weight excluding hydrogens is 354 g/mol. The molecule has 3 rings (SSSR count). The number of aryl methyl sites for hydroxylation is 2. The number of hydrogen-bond donors (Lipinski definition) is 2. The first-order valence-electron chi connectivity index (χ1n) is 8.83. The summed E-state index contributed by atoms with van der Waals surface area (Å²) < 4.78 is 10.5. The number of benzene rings is 2. The third-order valence-corrected chi connectivity index (χ3v) is 4.41. The molecule has 0 saturated heterocycles. The van der Waals surface area contributed by atoms with Crippen LogP contribution in [0.5, 0.6) is 11.5 Å². The summed E-state index contributed by atoms with van der Waals surface area (Å²) >= 11 is 0. The van der Waals surface area contributed by atoms with Gasteiger partial charge in [0.25, 0.3) is 5.91 Å². The van der Waals surface area contributed by atoms with Gasteiger partial charge in [-0.15, -0.1) is 0 Å². The molecule has 144 valence electrons. The van der Waals surface area contributed by atoms with Crippen LogP contribution in [-0.2, 0) is 0 Å². The lowest BCUT2D eigenvalue weighted by atomic mass is 10.1. The summed E-state index contributed by atoms with van der Waals surface area (Å²) in [5.74, 6) is 0.885. The number of amides is 1. The molecule has 2 N–H and O–H groups in total. The number of carbonyl (C=O) groups is 1. The lowest BCUT2D eigenvalue weighted by Crippen LogP contribution is -2.13. The molecule has 0 radical (unpaired) electrons. The zero-order chi connectivity index (χ0) is 20.1. The zero-order valence-electron chi connectivity index (χ0n) is 16.4. The van der Waals surface area contributed by atoms with Crippen LogP contribution in [0.25, 0.3) is 0 Å². The van der Waals surface area contributed by atoms with Gasteiger partial charge in [0, 0.05) is 18.0 Å². The van der Waals surface area contributed by atoms with Gasteiger partial charge in [-0.05, 0) is 43.2 Å². The first-order chi connectivity index (χ1) is 13.5. The van der Waals surface area contributed by atoms with E-state index < -0.39 is 0 Å². The SMILES string of the molecule is COc1ccc(OC)c(NC(=O)c2cncc(Nc3c(C)cccc3C)c2)c1. The van der Waals surface area contributed by atoms with Gasteiger partial charge >= 0.3 is 0 Å². The number of methoxy groups -OCH3 is 2. The van der Waals surface area contributed by atoms with Crippen LogP contribution in [0.3, 0.4) is 0 Å². The maximum Gasteiger partial charge on any atom is 0.257 e. The largest absolute Gasteiger partial charge is 0.497 e. The van der Waals surface area contributed by atoms with Gasteiger partial charge in [0.05, 0.1) is 37.4 Å². The van der Waals surface area contributed by atoms with Crippen molar-refractivity contribution in [2.75, 3.05) is 24.9 Å². The van der Waals surface area contributed by atoms with E-state index in [-0.39, 0.29) is 5.91 Å². The predicted octanol–water partition coefficient (Wildman–Crippen LogP) is 4.71. The van der Waals surface area contributed by atoms with Crippen LogP contribution in [-0.4, -0.2) is 25.1 Å². The molecule has 0 fully saturated rings. The molecule has 1 heterocycles. The van der Waals surface area contributed by atoms with Gasteiger partial charge in [0.15, 0.2) is 0 Å². The fourth-order valence-corrected chi connectivity index (χ4v) is 2.89. The van der Waals surface area contributed by atoms with Crippen LogP contribution >= 0.6 is 0 Å². The standard InChI is InChI=1S/C22H23N3O3/c1-14-6-5-7-15(2)21(14)24-17-10-16(12-23-13-17)22(26)25-19-11-18(27-3)8-9-20(19)28-4/h5-13,24H,1-4H3,(H,25,26). The molecule has 6 heteroatoms. The Kier molecular flexibility index (Phi) is 5.79. The third-order valence-electron chi connectivity index (χ3n) is 4.41. The summed E-state index contributed by atoms with van der Waals surface area (Å²) in [5, 5.41) is 6.21. The van der Waals surface area contributed by atoms with Gasteiger partial charge in [-0.25, -0.2) is 0 Å². The second kappa shape index (κ2) is 8.43. The lowest BCUT2D eigenvalue weighted by molar-refractivity contribution is 0.102. The van der Waals surface area contributed by atoms with E-state index in [1.807, 2.05) is 32.0 Å². The van der Waals surface area contributed by atoms with Crippen molar-refractivity contribution in [2.24, 2.45) is 0 Å². The van der Waals surface area contributed by atoms with Crippen molar-refractivity contribution >= 4 is 23.0 Å². The number of nitrogens with zero attached hydrogens (tertiary/aromatic N) is 1. The molecule has 0 atom stereocenters. The van der Waals surface area contributed by atoms with Crippen molar-refractivity contribution in [3.05, 3.63) is 71.5 Å². The third kappa shape index (κ3) is 4.23. The molecule has 0 bridgehead atoms. The highest BCUT2D eigenvalue weighted by molar-refractivity contribution is 6.05. The smallest absolute Gasteiger partial charge is 0.257 e. The minimum absolute atomic E-state index is 0.288. The molecule has 3 aromatic rings. The minimum atomic E-state index is -0.288. The molecule has 0 saturated carbocycles. The van der Waals surface area contributed by atoms with Gasteiger partial charge in [-0.2, -0.15) is 0 Å². The molecule has 28 heavy (non-hydrogen) atoms. The van der Waals surface area contributed by atoms with Crippen molar-refractivity contribution < 1.29 is 14.3 Å². The van der Waals surface area contributed by atoms with E-state index in [1.165, 1.54) is 6.20 Å². The fraction of sp³-hybridized carbons (Fsp3) is 0.182. The molecule has 0 aliphatic rings. The van der Waals surface area contributed by atoms with Crippen molar-refractivity contribution in [3.63, 3.8) is 0 Å². The Hall–Kier alpha value is -3.54. The number of carbonyl (C=O) groups excluding carboxylic acids is 1. The van der Waals surface area contributed by atoms with E-state index in [4.69, 9.17) is 9.47 Å². The second-order valence-corrected chi connectivity index (χ2v) is 6.37. The Bertz CT molecular complexity index is 982. The van der Waals surface area contributed by atoms with E-state index in [2.05, 4.69) is 15.6 Å². The zero-order valence-corrected chi connectivity index (χ0v) is 16.4. The highest BCUT2D eigenvalue weighted by Gasteiger charge is 2.12. The first kappa shape index (κ1) is 19.2. The maximum atomic E-state index is 12.7. The molecule has 6 nitrogen and oxygen atoms in total. The Morgan fingerprint density at radius 1 is 0.964 bits per heavy atom. The molecule has 0 spiro atoms. The first-order valence-corrected chi connectivity index (χ1v) is 8.83. The van der Waals surface area contributed by atoms with Crippen molar-refractivity contribution in [1.82, 2.24) is 4.98 Å². The van der Waals surface area contributed by atoms with Crippen molar-refractivity contribution in [2.45, 2.75) is 13.8 Å². The van der Waals surface area contributed by atoms with Crippen LogP contribution in [0.4, 0.5) is 17.1 Å². The topological polar surface area (TPSA) is 72.5 Å². The van der Waals surface area contributed by atoms with Crippen LogP contribution in [0.1, 0.15) is 21.5 Å². The highest BCUT2D eigenvalue weighted by atomic mass is 16.5. The van der Waals surface area contributed by atoms with Gasteiger partial charge in [-0.3, -0.25) is 9.78 Å². The Morgan fingerprint density at radius 2 is 1.71 bits per heavy atom. The van der Waals surface area contributed by atoms with Crippen molar-refractivity contribution in [1.29, 1.82) is 0 Å². The molecule has 0 aliphatic carbocycles. The minimum Gasteiger partial charge on any atom is -0.497 e. The van der Waals surface area contributed by atoms with Gasteiger partial charge < -0.3 is 20.1 Å². The number of pyridine rings is 1. The number of hydrogen-bond acceptors (Lipinski definition) is 5. The normalized spacial score (nSPS) is 10.3. The van der Waals surface area contributed by atoms with E-state index >= 15 is 0 Å². The van der Waals surface area contributed by atoms with Crippen molar-refractivity contribution in [3.8, 4) is 11.5 Å². The van der Waals surface area contributed by atoms with E-state index in [9.17, 15) is 4.79 Å². The quantitative estimate of drug-likeness (QED) is 0.651. The highest BCUT2D eigenvalue weighted by Crippen LogP contribution is 2.29. The molecule has 1 aromatic heterocycles. The number of nitrogens with one attached hydrogen (secondary N) is 2. The Balaban J connectivity index is 1.83. The summed E-state index contributed by atoms with van der Waals surface area (Å²) in [6.45, 7) is 4.07. The average Bonchev–Trinajstić information content (AvgIpc) is 2.71. The molecule has 1 amide bonds. The second-order valence-electron chi connectivity index (χ2n) is 6.37. The molecule has 2 aromatic carbocycles. The molecule has 0 unspecified atom stereocenters. The van der Waals surface area contributed by atoms with Gasteiger partial charge in [0.1, 0.15) is 11.5 Å². The summed E-state index contributed by atoms with van der Waals surface area (Å²) in [4.78, 5) is 16.9. The number of ether oxygens (including phenoxy) is 2. The number of rotatable bonds is 6. The summed E-state index contributed by atoms with van der Waals surface area (Å²) in [6.07, 6.45) is 3.21. The monoisotopic (exact) mass is 377 g/mol. The predicted molar refractivity (Wildman–Crippen MR) is 111 cm³/mol. The van der Waals surface area contributed by atoms with Crippen LogP contribution in [0.2, 0.25) is 0 Å². The van der Waals surface area contributed by atoms with Crippen LogP contribution in [0, 0.1) is 13.8 Å². The number of anilines is 3. The van der Waals surface area contributed by atoms with Gasteiger partial charge in [0.2, 0.25) is 0 Å². The Labute approximate surface area is 164 Å². The average molecular weight is 377 g/mol. The van der Waals surface area contributed by atoms with E-state index in [0.717, 1.165) is 22.5 Å². The maximum absolute atomic E-state index is 12.7. The molecule has 0 aliphatic heterocycles. The van der Waals surface area contributed by atoms with Crippen LogP contribution < -0.4 is 20.1 Å². The van der Waals surface area contributed by atoms with Crippen LogP contribution in [0.15, 0.2) is 54.9 Å². The molecular formula is C22H23N3O3.